The van der Waals surface area contributed by atoms with Crippen LogP contribution >= 0.6 is 0 Å². The van der Waals surface area contributed by atoms with E-state index >= 15 is 0 Å². The van der Waals surface area contributed by atoms with Crippen LogP contribution in [-0.2, 0) is 28.6 Å². The molecular weight excluding hydrogens is 913 g/mol. The summed E-state index contributed by atoms with van der Waals surface area (Å²) in [4.78, 5) is 38.3. The summed E-state index contributed by atoms with van der Waals surface area (Å²) in [5, 5.41) is 0. The molecule has 1 unspecified atom stereocenters. The van der Waals surface area contributed by atoms with Gasteiger partial charge in [0.05, 0.1) is 0 Å². The molecule has 0 aliphatic rings. The molecule has 0 rings (SSSR count). The van der Waals surface area contributed by atoms with Crippen molar-refractivity contribution in [3.8, 4) is 0 Å². The third kappa shape index (κ3) is 60.0. The molecule has 0 aromatic rings. The number of carbonyl (C=O) groups excluding carboxylic acids is 3. The lowest BCUT2D eigenvalue weighted by Crippen LogP contribution is -2.30. The van der Waals surface area contributed by atoms with Crippen molar-refractivity contribution in [1.29, 1.82) is 0 Å². The Morgan fingerprint density at radius 3 is 0.824 bits per heavy atom. The summed E-state index contributed by atoms with van der Waals surface area (Å²) >= 11 is 0. The van der Waals surface area contributed by atoms with E-state index in [-0.39, 0.29) is 31.1 Å². The molecule has 1 atom stereocenters. The average Bonchev–Trinajstić information content (AvgIpc) is 3.40. The van der Waals surface area contributed by atoms with Crippen molar-refractivity contribution in [2.45, 2.75) is 341 Å². The smallest absolute Gasteiger partial charge is 0.306 e. The zero-order valence-electron chi connectivity index (χ0n) is 49.4. The maximum Gasteiger partial charge on any atom is 0.306 e. The second kappa shape index (κ2) is 62.6. The summed E-state index contributed by atoms with van der Waals surface area (Å²) in [7, 11) is 0. The van der Waals surface area contributed by atoms with Crippen molar-refractivity contribution in [2.24, 2.45) is 0 Å². The van der Waals surface area contributed by atoms with E-state index in [9.17, 15) is 14.4 Å². The Kier molecular flexibility index (Phi) is 60.2. The molecule has 0 aromatic heterocycles. The SMILES string of the molecule is CC/C=C\C/C=C\C/C=C\C/C=C\C/C=C\CCCCCCCC(=O)OC(COC(=O)CCCCCCCCCCCCCCC)COC(=O)CCCCCCCCCCCCCCCCCCCCCCCC. The highest BCUT2D eigenvalue weighted by molar-refractivity contribution is 5.71. The number of hydrogen-bond donors (Lipinski definition) is 0. The van der Waals surface area contributed by atoms with Gasteiger partial charge in [-0.05, 0) is 64.2 Å². The number of carbonyl (C=O) groups is 3. The summed E-state index contributed by atoms with van der Waals surface area (Å²) in [5.41, 5.74) is 0. The number of hydrogen-bond acceptors (Lipinski definition) is 6. The third-order valence-corrected chi connectivity index (χ3v) is 14.3. The molecule has 430 valence electrons. The summed E-state index contributed by atoms with van der Waals surface area (Å²) < 4.78 is 16.9. The molecule has 0 aliphatic heterocycles. The van der Waals surface area contributed by atoms with Gasteiger partial charge in [-0.3, -0.25) is 14.4 Å². The van der Waals surface area contributed by atoms with Crippen molar-refractivity contribution < 1.29 is 28.6 Å². The minimum Gasteiger partial charge on any atom is -0.462 e. The predicted molar refractivity (Wildman–Crippen MR) is 321 cm³/mol. The van der Waals surface area contributed by atoms with E-state index in [1.54, 1.807) is 0 Å². The molecule has 0 bridgehead atoms. The van der Waals surface area contributed by atoms with E-state index in [1.165, 1.54) is 186 Å². The fourth-order valence-corrected chi connectivity index (χ4v) is 9.47. The Balaban J connectivity index is 4.33. The lowest BCUT2D eigenvalue weighted by molar-refractivity contribution is -0.167. The first kappa shape index (κ1) is 71.1. The van der Waals surface area contributed by atoms with Gasteiger partial charge in [0.1, 0.15) is 13.2 Å². The Morgan fingerprint density at radius 1 is 0.284 bits per heavy atom. The summed E-state index contributed by atoms with van der Waals surface area (Å²) in [6.07, 6.45) is 79.4. The third-order valence-electron chi connectivity index (χ3n) is 14.3. The number of unbranched alkanes of at least 4 members (excludes halogenated alkanes) is 38. The van der Waals surface area contributed by atoms with Crippen LogP contribution in [0.4, 0.5) is 0 Å². The number of allylic oxidation sites excluding steroid dienone is 10. The van der Waals surface area contributed by atoms with E-state index < -0.39 is 6.10 Å². The number of rotatable bonds is 59. The van der Waals surface area contributed by atoms with Crippen LogP contribution in [0.15, 0.2) is 60.8 Å². The van der Waals surface area contributed by atoms with Crippen LogP contribution in [-0.4, -0.2) is 37.2 Å². The van der Waals surface area contributed by atoms with Gasteiger partial charge in [-0.1, -0.05) is 313 Å². The van der Waals surface area contributed by atoms with E-state index in [0.29, 0.717) is 19.3 Å². The summed E-state index contributed by atoms with van der Waals surface area (Å²) in [6, 6.07) is 0. The highest BCUT2D eigenvalue weighted by atomic mass is 16.6. The Hall–Kier alpha value is -2.89. The minimum absolute atomic E-state index is 0.0777. The molecule has 0 radical (unpaired) electrons. The molecule has 0 aromatic carbocycles. The molecule has 74 heavy (non-hydrogen) atoms. The molecule has 6 nitrogen and oxygen atoms in total. The lowest BCUT2D eigenvalue weighted by atomic mass is 10.0. The second-order valence-corrected chi connectivity index (χ2v) is 21.7. The van der Waals surface area contributed by atoms with Gasteiger partial charge in [0.2, 0.25) is 0 Å². The van der Waals surface area contributed by atoms with E-state index in [0.717, 1.165) is 109 Å². The van der Waals surface area contributed by atoms with Gasteiger partial charge < -0.3 is 14.2 Å². The van der Waals surface area contributed by atoms with E-state index in [2.05, 4.69) is 81.5 Å². The lowest BCUT2D eigenvalue weighted by Gasteiger charge is -2.18. The number of ether oxygens (including phenoxy) is 3. The van der Waals surface area contributed by atoms with Crippen LogP contribution in [0.1, 0.15) is 335 Å². The fraction of sp³-hybridized carbons (Fsp3) is 0.809. The Labute approximate surface area is 460 Å². The monoisotopic (exact) mass is 1030 g/mol. The molecule has 0 amide bonds. The first-order valence-electron chi connectivity index (χ1n) is 32.3. The molecule has 0 spiro atoms. The molecule has 0 fully saturated rings. The quantitative estimate of drug-likeness (QED) is 0.0261. The van der Waals surface area contributed by atoms with Crippen LogP contribution in [0, 0.1) is 0 Å². The van der Waals surface area contributed by atoms with Crippen LogP contribution in [0.2, 0.25) is 0 Å². The predicted octanol–water partition coefficient (Wildman–Crippen LogP) is 21.9. The highest BCUT2D eigenvalue weighted by Crippen LogP contribution is 2.18. The Bertz CT molecular complexity index is 1330. The van der Waals surface area contributed by atoms with Crippen LogP contribution in [0.5, 0.6) is 0 Å². The van der Waals surface area contributed by atoms with Gasteiger partial charge in [0, 0.05) is 19.3 Å². The van der Waals surface area contributed by atoms with Gasteiger partial charge in [0.15, 0.2) is 6.10 Å². The van der Waals surface area contributed by atoms with Crippen LogP contribution in [0.25, 0.3) is 0 Å². The topological polar surface area (TPSA) is 78.9 Å². The van der Waals surface area contributed by atoms with Crippen LogP contribution < -0.4 is 0 Å². The van der Waals surface area contributed by atoms with Gasteiger partial charge in [-0.25, -0.2) is 0 Å². The molecule has 0 saturated carbocycles. The zero-order chi connectivity index (χ0) is 53.6. The van der Waals surface area contributed by atoms with E-state index in [4.69, 9.17) is 14.2 Å². The van der Waals surface area contributed by atoms with Crippen molar-refractivity contribution in [2.75, 3.05) is 13.2 Å². The first-order valence-corrected chi connectivity index (χ1v) is 32.3. The maximum atomic E-state index is 12.9. The molecule has 0 N–H and O–H groups in total. The fourth-order valence-electron chi connectivity index (χ4n) is 9.47. The van der Waals surface area contributed by atoms with Gasteiger partial charge in [-0.2, -0.15) is 0 Å². The largest absolute Gasteiger partial charge is 0.462 e. The second-order valence-electron chi connectivity index (χ2n) is 21.7. The standard InChI is InChI=1S/C68H122O6/c1-4-7-10-13-16-19-22-25-27-29-31-33-35-36-38-40-43-46-49-52-55-58-61-67(70)73-64-65(63-72-66(69)60-57-54-51-48-45-42-24-21-18-15-12-9-6-3)74-68(71)62-59-56-53-50-47-44-41-39-37-34-32-30-28-26-23-20-17-14-11-8-5-2/h8,11,17,20,26,28,32,34,39,41,65H,4-7,9-10,12-16,18-19,21-25,27,29-31,33,35-38,40,42-64H2,1-3H3/b11-8-,20-17-,28-26-,34-32-,41-39-. The molecular formula is C68H122O6. The normalized spacial score (nSPS) is 12.4. The first-order chi connectivity index (χ1) is 36.5. The molecule has 0 heterocycles. The van der Waals surface area contributed by atoms with Crippen molar-refractivity contribution in [3.63, 3.8) is 0 Å². The van der Waals surface area contributed by atoms with E-state index in [1.807, 2.05) is 0 Å². The van der Waals surface area contributed by atoms with Crippen LogP contribution in [0.3, 0.4) is 0 Å². The number of esters is 3. The van der Waals surface area contributed by atoms with Gasteiger partial charge in [-0.15, -0.1) is 0 Å². The highest BCUT2D eigenvalue weighted by Gasteiger charge is 2.19. The van der Waals surface area contributed by atoms with Gasteiger partial charge in [0.25, 0.3) is 0 Å². The van der Waals surface area contributed by atoms with Crippen molar-refractivity contribution in [3.05, 3.63) is 60.8 Å². The van der Waals surface area contributed by atoms with Gasteiger partial charge >= 0.3 is 17.9 Å². The Morgan fingerprint density at radius 2 is 0.527 bits per heavy atom. The minimum atomic E-state index is -0.782. The van der Waals surface area contributed by atoms with Crippen molar-refractivity contribution in [1.82, 2.24) is 0 Å². The van der Waals surface area contributed by atoms with Crippen molar-refractivity contribution >= 4 is 17.9 Å². The summed E-state index contributed by atoms with van der Waals surface area (Å²) in [5.74, 6) is -0.876. The summed E-state index contributed by atoms with van der Waals surface area (Å²) in [6.45, 7) is 6.56. The molecule has 6 heteroatoms. The molecule has 0 aliphatic carbocycles. The maximum absolute atomic E-state index is 12.9. The zero-order valence-corrected chi connectivity index (χ0v) is 49.4. The average molecular weight is 1040 g/mol. The molecule has 0 saturated heterocycles.